The first-order chi connectivity index (χ1) is 10.7. The molecule has 2 nitrogen and oxygen atoms in total. The van der Waals surface area contributed by atoms with Crippen molar-refractivity contribution < 1.29 is 9.18 Å². The fourth-order valence-corrected chi connectivity index (χ4v) is 2.06. The van der Waals surface area contributed by atoms with Crippen molar-refractivity contribution in [3.63, 3.8) is 0 Å². The lowest BCUT2D eigenvalue weighted by molar-refractivity contribution is -0.126. The highest BCUT2D eigenvalue weighted by molar-refractivity contribution is 5.91. The van der Waals surface area contributed by atoms with Crippen molar-refractivity contribution in [2.75, 3.05) is 6.54 Å². The van der Waals surface area contributed by atoms with Gasteiger partial charge in [0.2, 0.25) is 5.91 Å². The summed E-state index contributed by atoms with van der Waals surface area (Å²) in [6.45, 7) is 4.24. The summed E-state index contributed by atoms with van der Waals surface area (Å²) in [7, 11) is 0. The first-order valence-corrected chi connectivity index (χ1v) is 7.07. The number of benzene rings is 2. The van der Waals surface area contributed by atoms with Crippen LogP contribution in [0.15, 0.2) is 73.3 Å². The van der Waals surface area contributed by atoms with E-state index in [-0.39, 0.29) is 18.3 Å². The van der Waals surface area contributed by atoms with Gasteiger partial charge in [-0.1, -0.05) is 54.6 Å². The Balaban J connectivity index is 2.10. The zero-order valence-corrected chi connectivity index (χ0v) is 12.3. The number of amides is 1. The number of rotatable bonds is 6. The van der Waals surface area contributed by atoms with E-state index >= 15 is 0 Å². The third-order valence-corrected chi connectivity index (χ3v) is 3.20. The molecule has 22 heavy (non-hydrogen) atoms. The summed E-state index contributed by atoms with van der Waals surface area (Å²) in [5, 5.41) is 0. The molecule has 0 N–H and O–H groups in total. The van der Waals surface area contributed by atoms with Crippen LogP contribution in [0.25, 0.3) is 6.08 Å². The number of carbonyl (C=O) groups is 1. The van der Waals surface area contributed by atoms with Gasteiger partial charge in [-0.15, -0.1) is 6.58 Å². The molecule has 0 bridgehead atoms. The lowest BCUT2D eigenvalue weighted by Crippen LogP contribution is -2.29. The van der Waals surface area contributed by atoms with Crippen molar-refractivity contribution in [1.82, 2.24) is 4.90 Å². The Morgan fingerprint density at radius 1 is 1.09 bits per heavy atom. The van der Waals surface area contributed by atoms with Gasteiger partial charge in [-0.3, -0.25) is 4.79 Å². The van der Waals surface area contributed by atoms with E-state index in [0.717, 1.165) is 5.56 Å². The molecule has 112 valence electrons. The van der Waals surface area contributed by atoms with Crippen LogP contribution in [0.4, 0.5) is 4.39 Å². The Bertz CT molecular complexity index is 664. The number of hydrogen-bond acceptors (Lipinski definition) is 1. The summed E-state index contributed by atoms with van der Waals surface area (Å²) in [5.41, 5.74) is 1.44. The Hall–Kier alpha value is -2.68. The van der Waals surface area contributed by atoms with E-state index in [1.54, 1.807) is 35.3 Å². The Labute approximate surface area is 130 Å². The topological polar surface area (TPSA) is 20.3 Å². The summed E-state index contributed by atoms with van der Waals surface area (Å²) in [6, 6.07) is 16.0. The van der Waals surface area contributed by atoms with Crippen LogP contribution >= 0.6 is 0 Å². The smallest absolute Gasteiger partial charge is 0.247 e. The zero-order valence-electron chi connectivity index (χ0n) is 12.3. The summed E-state index contributed by atoms with van der Waals surface area (Å²) in [4.78, 5) is 13.8. The van der Waals surface area contributed by atoms with Crippen molar-refractivity contribution in [2.45, 2.75) is 6.54 Å². The van der Waals surface area contributed by atoms with Crippen molar-refractivity contribution >= 4 is 12.0 Å². The maximum atomic E-state index is 13.7. The van der Waals surface area contributed by atoms with E-state index in [1.807, 2.05) is 30.3 Å². The van der Waals surface area contributed by atoms with Gasteiger partial charge in [0.05, 0.1) is 0 Å². The second-order valence-corrected chi connectivity index (χ2v) is 4.84. The van der Waals surface area contributed by atoms with Crippen LogP contribution in [0, 0.1) is 5.82 Å². The van der Waals surface area contributed by atoms with Crippen LogP contribution in [0.5, 0.6) is 0 Å². The third kappa shape index (κ3) is 4.42. The van der Waals surface area contributed by atoms with E-state index in [2.05, 4.69) is 6.58 Å². The molecule has 1 amide bonds. The molecule has 3 heteroatoms. The fraction of sp³-hybridized carbons (Fsp3) is 0.105. The summed E-state index contributed by atoms with van der Waals surface area (Å²) in [5.74, 6) is -0.483. The molecular weight excluding hydrogens is 277 g/mol. The summed E-state index contributed by atoms with van der Waals surface area (Å²) >= 11 is 0. The van der Waals surface area contributed by atoms with E-state index in [9.17, 15) is 9.18 Å². The van der Waals surface area contributed by atoms with Gasteiger partial charge in [-0.05, 0) is 17.7 Å². The second-order valence-electron chi connectivity index (χ2n) is 4.84. The Morgan fingerprint density at radius 3 is 2.45 bits per heavy atom. The molecule has 0 saturated carbocycles. The standard InChI is InChI=1S/C19H18FNO/c1-2-14-21(15-17-10-6-7-11-18(17)20)19(22)13-12-16-8-4-3-5-9-16/h2-13H,1,14-15H2. The summed E-state index contributed by atoms with van der Waals surface area (Å²) < 4.78 is 13.7. The molecule has 2 rings (SSSR count). The van der Waals surface area contributed by atoms with Crippen LogP contribution in [0.1, 0.15) is 11.1 Å². The predicted octanol–water partition coefficient (Wildman–Crippen LogP) is 4.05. The molecule has 0 aliphatic rings. The lowest BCUT2D eigenvalue weighted by Gasteiger charge is -2.19. The largest absolute Gasteiger partial charge is 0.331 e. The Kier molecular flexibility index (Phi) is 5.66. The van der Waals surface area contributed by atoms with Gasteiger partial charge >= 0.3 is 0 Å². The minimum absolute atomic E-state index is 0.174. The van der Waals surface area contributed by atoms with Crippen molar-refractivity contribution in [3.8, 4) is 0 Å². The fourth-order valence-electron chi connectivity index (χ4n) is 2.06. The molecule has 0 heterocycles. The highest BCUT2D eigenvalue weighted by Crippen LogP contribution is 2.11. The molecule has 0 saturated heterocycles. The normalized spacial score (nSPS) is 10.6. The average Bonchev–Trinajstić information content (AvgIpc) is 2.55. The van der Waals surface area contributed by atoms with Gasteiger partial charge in [-0.2, -0.15) is 0 Å². The van der Waals surface area contributed by atoms with Gasteiger partial charge in [0, 0.05) is 24.7 Å². The van der Waals surface area contributed by atoms with Crippen LogP contribution < -0.4 is 0 Å². The average molecular weight is 295 g/mol. The van der Waals surface area contributed by atoms with Crippen LogP contribution in [0.2, 0.25) is 0 Å². The second kappa shape index (κ2) is 7.93. The molecule has 0 aliphatic heterocycles. The SMILES string of the molecule is C=CCN(Cc1ccccc1F)C(=O)C=Cc1ccccc1. The molecule has 2 aromatic carbocycles. The number of hydrogen-bond donors (Lipinski definition) is 0. The highest BCUT2D eigenvalue weighted by Gasteiger charge is 2.12. The summed E-state index contributed by atoms with van der Waals surface area (Å²) in [6.07, 6.45) is 4.88. The first-order valence-electron chi connectivity index (χ1n) is 7.07. The minimum Gasteiger partial charge on any atom is -0.331 e. The van der Waals surface area contributed by atoms with Crippen molar-refractivity contribution in [1.29, 1.82) is 0 Å². The lowest BCUT2D eigenvalue weighted by atomic mass is 10.2. The van der Waals surface area contributed by atoms with Gasteiger partial charge in [0.15, 0.2) is 0 Å². The van der Waals surface area contributed by atoms with Gasteiger partial charge in [0.1, 0.15) is 5.82 Å². The molecule has 0 fully saturated rings. The maximum Gasteiger partial charge on any atom is 0.247 e. The van der Waals surface area contributed by atoms with E-state index in [1.165, 1.54) is 12.1 Å². The van der Waals surface area contributed by atoms with Gasteiger partial charge in [-0.25, -0.2) is 4.39 Å². The molecule has 0 atom stereocenters. The van der Waals surface area contributed by atoms with E-state index in [4.69, 9.17) is 0 Å². The maximum absolute atomic E-state index is 13.7. The van der Waals surface area contributed by atoms with E-state index < -0.39 is 0 Å². The van der Waals surface area contributed by atoms with Gasteiger partial charge < -0.3 is 4.90 Å². The van der Waals surface area contributed by atoms with E-state index in [0.29, 0.717) is 12.1 Å². The third-order valence-electron chi connectivity index (χ3n) is 3.20. The van der Waals surface area contributed by atoms with Crippen LogP contribution in [0.3, 0.4) is 0 Å². The minimum atomic E-state index is -0.309. The molecule has 0 aliphatic carbocycles. The molecule has 0 spiro atoms. The zero-order chi connectivity index (χ0) is 15.8. The molecular formula is C19H18FNO. The predicted molar refractivity (Wildman–Crippen MR) is 87.5 cm³/mol. The quantitative estimate of drug-likeness (QED) is 0.581. The molecule has 2 aromatic rings. The molecule has 0 radical (unpaired) electrons. The molecule has 0 aromatic heterocycles. The van der Waals surface area contributed by atoms with Crippen molar-refractivity contribution in [3.05, 3.63) is 90.3 Å². The first kappa shape index (κ1) is 15.7. The monoisotopic (exact) mass is 295 g/mol. The number of halogens is 1. The molecule has 0 unspecified atom stereocenters. The highest BCUT2D eigenvalue weighted by atomic mass is 19.1. The number of nitrogens with zero attached hydrogens (tertiary/aromatic N) is 1. The van der Waals surface area contributed by atoms with Crippen LogP contribution in [-0.2, 0) is 11.3 Å². The number of carbonyl (C=O) groups excluding carboxylic acids is 1. The van der Waals surface area contributed by atoms with Crippen LogP contribution in [-0.4, -0.2) is 17.4 Å². The Morgan fingerprint density at radius 2 is 1.77 bits per heavy atom. The van der Waals surface area contributed by atoms with Crippen molar-refractivity contribution in [2.24, 2.45) is 0 Å². The van der Waals surface area contributed by atoms with Gasteiger partial charge in [0.25, 0.3) is 0 Å².